The van der Waals surface area contributed by atoms with Crippen molar-refractivity contribution in [2.45, 2.75) is 68.7 Å². The molecular weight excluding hydrogens is 819 g/mol. The summed E-state index contributed by atoms with van der Waals surface area (Å²) in [5.74, 6) is 7.44. The van der Waals surface area contributed by atoms with Crippen LogP contribution in [0.4, 0.5) is 4.79 Å². The van der Waals surface area contributed by atoms with Crippen LogP contribution in [0.3, 0.4) is 0 Å². The number of nitrogens with one attached hydrogen (secondary N) is 5. The highest BCUT2D eigenvalue weighted by Gasteiger charge is 2.39. The van der Waals surface area contributed by atoms with Crippen molar-refractivity contribution in [3.05, 3.63) is 155 Å². The second kappa shape index (κ2) is 19.5. The largest absolute Gasteiger partial charge is 0.453 e. The molecule has 0 unspecified atom stereocenters. The molecule has 0 aliphatic carbocycles. The maximum atomic E-state index is 14.2. The molecule has 0 spiro atoms. The fourth-order valence-corrected chi connectivity index (χ4v) is 9.07. The lowest BCUT2D eigenvalue weighted by Crippen LogP contribution is -2.47. The Labute approximate surface area is 377 Å². The summed E-state index contributed by atoms with van der Waals surface area (Å²) < 4.78 is 4.83. The Morgan fingerprint density at radius 1 is 0.631 bits per heavy atom. The molecule has 5 heterocycles. The van der Waals surface area contributed by atoms with Gasteiger partial charge in [-0.3, -0.25) is 14.4 Å². The average Bonchev–Trinajstić information content (AvgIpc) is 4.22. The van der Waals surface area contributed by atoms with Gasteiger partial charge in [-0.05, 0) is 91.6 Å². The molecule has 5 N–H and O–H groups in total. The Hall–Kier alpha value is -7.50. The maximum absolute atomic E-state index is 14.2. The van der Waals surface area contributed by atoms with Crippen LogP contribution >= 0.6 is 0 Å². The molecule has 0 radical (unpaired) electrons. The summed E-state index contributed by atoms with van der Waals surface area (Å²) >= 11 is 0. The first-order chi connectivity index (χ1) is 31.8. The Morgan fingerprint density at radius 2 is 1.11 bits per heavy atom. The summed E-state index contributed by atoms with van der Waals surface area (Å²) in [7, 11) is 1.28. The lowest BCUT2D eigenvalue weighted by Gasteiger charge is -2.29. The van der Waals surface area contributed by atoms with E-state index in [0.717, 1.165) is 90.1 Å². The molecule has 3 fully saturated rings. The van der Waals surface area contributed by atoms with E-state index in [4.69, 9.17) is 9.72 Å². The van der Waals surface area contributed by atoms with Gasteiger partial charge >= 0.3 is 6.09 Å². The fourth-order valence-electron chi connectivity index (χ4n) is 9.07. The molecule has 0 saturated carbocycles. The molecule has 2 aromatic heterocycles. The minimum absolute atomic E-state index is 0.136. The van der Waals surface area contributed by atoms with Crippen LogP contribution in [0, 0.1) is 11.8 Å². The summed E-state index contributed by atoms with van der Waals surface area (Å²) in [6.07, 6.45) is 7.77. The Balaban J connectivity index is 0.830. The molecule has 4 amide bonds. The Morgan fingerprint density at radius 3 is 1.55 bits per heavy atom. The first-order valence-electron chi connectivity index (χ1n) is 22.2. The number of hydrogen-bond donors (Lipinski definition) is 5. The topological polar surface area (TPSA) is 177 Å². The standard InChI is InChI=1S/C51H51N9O5/c1-65-51(64)58-45(38-13-6-3-7-14-38)50(63)60-30-10-17-43(60)47-54-32-41(56-47)36-26-22-34(23-27-36)19-18-33-20-24-35(25-21-33)40-31-53-46(55-40)42-16-9-29-59(42)49(62)44(37-11-4-2-5-12-37)57-48(61)39-15-8-28-52-39/h2-7,11-14,20-27,31-32,39,42-45,52H,8-10,15-17,28-30H2,1H3,(H,53,55)(H,54,56)(H,57,61)(H,58,64)/t39-,42-,43-,44+,45+/m0/s1. The number of rotatable bonds is 11. The second-order valence-electron chi connectivity index (χ2n) is 16.6. The summed E-state index contributed by atoms with van der Waals surface area (Å²) in [5.41, 5.74) is 6.70. The molecule has 3 aliphatic rings. The van der Waals surface area contributed by atoms with Gasteiger partial charge in [0.15, 0.2) is 0 Å². The van der Waals surface area contributed by atoms with Crippen LogP contribution in [0.5, 0.6) is 0 Å². The highest BCUT2D eigenvalue weighted by molar-refractivity contribution is 5.91. The lowest BCUT2D eigenvalue weighted by atomic mass is 10.0. The van der Waals surface area contributed by atoms with Crippen LogP contribution in [0.2, 0.25) is 0 Å². The van der Waals surface area contributed by atoms with E-state index in [2.05, 4.69) is 42.7 Å². The maximum Gasteiger partial charge on any atom is 0.407 e. The molecule has 3 aliphatic heterocycles. The van der Waals surface area contributed by atoms with Crippen molar-refractivity contribution in [1.82, 2.24) is 45.7 Å². The number of imidazole rings is 2. The number of ether oxygens (including phenoxy) is 1. The predicted molar refractivity (Wildman–Crippen MR) is 244 cm³/mol. The van der Waals surface area contributed by atoms with E-state index >= 15 is 0 Å². The molecule has 5 atom stereocenters. The van der Waals surface area contributed by atoms with E-state index in [0.29, 0.717) is 24.5 Å². The Bertz CT molecular complexity index is 2680. The van der Waals surface area contributed by atoms with E-state index in [-0.39, 0.29) is 35.8 Å². The molecule has 3 saturated heterocycles. The number of H-pyrrole nitrogens is 2. The van der Waals surface area contributed by atoms with Crippen LogP contribution in [0.1, 0.15) is 96.6 Å². The number of likely N-dealkylation sites (tertiary alicyclic amines) is 2. The van der Waals surface area contributed by atoms with Crippen LogP contribution in [-0.2, 0) is 19.1 Å². The van der Waals surface area contributed by atoms with E-state index in [1.165, 1.54) is 7.11 Å². The number of carbonyl (C=O) groups is 4. The van der Waals surface area contributed by atoms with E-state index in [1.807, 2.05) is 114 Å². The van der Waals surface area contributed by atoms with Gasteiger partial charge in [-0.15, -0.1) is 0 Å². The number of methoxy groups -OCH3 is 1. The quantitative estimate of drug-likeness (QED) is 0.0874. The van der Waals surface area contributed by atoms with Crippen molar-refractivity contribution in [2.75, 3.05) is 26.7 Å². The van der Waals surface area contributed by atoms with Gasteiger partial charge in [0, 0.05) is 24.2 Å². The van der Waals surface area contributed by atoms with Gasteiger partial charge in [-0.1, -0.05) is 96.8 Å². The molecular formula is C51H51N9O5. The molecule has 14 heteroatoms. The third-order valence-electron chi connectivity index (χ3n) is 12.5. The summed E-state index contributed by atoms with van der Waals surface area (Å²) in [6, 6.07) is 32.1. The van der Waals surface area contributed by atoms with E-state index in [1.54, 1.807) is 17.3 Å². The van der Waals surface area contributed by atoms with Gasteiger partial charge in [-0.2, -0.15) is 0 Å². The zero-order chi connectivity index (χ0) is 44.7. The van der Waals surface area contributed by atoms with E-state index in [9.17, 15) is 19.2 Å². The van der Waals surface area contributed by atoms with Gasteiger partial charge in [0.05, 0.1) is 49.0 Å². The first-order valence-corrected chi connectivity index (χ1v) is 22.2. The summed E-state index contributed by atoms with van der Waals surface area (Å²) in [4.78, 5) is 73.5. The number of alkyl carbamates (subject to hydrolysis) is 1. The van der Waals surface area contributed by atoms with Gasteiger partial charge in [0.2, 0.25) is 11.8 Å². The highest BCUT2D eigenvalue weighted by Crippen LogP contribution is 2.36. The minimum Gasteiger partial charge on any atom is -0.453 e. The van der Waals surface area contributed by atoms with Gasteiger partial charge in [-0.25, -0.2) is 14.8 Å². The fraction of sp³-hybridized carbons (Fsp3) is 0.294. The van der Waals surface area contributed by atoms with Crippen LogP contribution < -0.4 is 16.0 Å². The van der Waals surface area contributed by atoms with Gasteiger partial charge in [0.1, 0.15) is 23.7 Å². The first kappa shape index (κ1) is 42.8. The van der Waals surface area contributed by atoms with E-state index < -0.39 is 18.2 Å². The SMILES string of the molecule is COC(=O)N[C@@H](C(=O)N1CCC[C@H]1c1ncc(-c2ccc(C#Cc3ccc(-c4cnc([C@@H]5CCCN5C(=O)[C@H](NC(=O)[C@@H]5CCCN5)c5ccccc5)[nH]4)cc3)cc2)[nH]1)c1ccccc1. The predicted octanol–water partition coefficient (Wildman–Crippen LogP) is 6.90. The van der Waals surface area contributed by atoms with Crippen molar-refractivity contribution in [3.63, 3.8) is 0 Å². The molecule has 9 rings (SSSR count). The third-order valence-corrected chi connectivity index (χ3v) is 12.5. The molecule has 4 aromatic carbocycles. The molecule has 0 bridgehead atoms. The smallest absolute Gasteiger partial charge is 0.407 e. The van der Waals surface area contributed by atoms with Crippen LogP contribution in [0.25, 0.3) is 22.5 Å². The van der Waals surface area contributed by atoms with Crippen LogP contribution in [0.15, 0.2) is 122 Å². The number of aromatic nitrogens is 4. The molecule has 14 nitrogen and oxygen atoms in total. The second-order valence-corrected chi connectivity index (χ2v) is 16.6. The monoisotopic (exact) mass is 869 g/mol. The van der Waals surface area contributed by atoms with Crippen LogP contribution in [-0.4, -0.2) is 86.3 Å². The number of aromatic amines is 2. The summed E-state index contributed by atoms with van der Waals surface area (Å²) in [5, 5.41) is 9.01. The number of benzene rings is 4. The molecule has 65 heavy (non-hydrogen) atoms. The van der Waals surface area contributed by atoms with Crippen molar-refractivity contribution < 1.29 is 23.9 Å². The van der Waals surface area contributed by atoms with Gasteiger partial charge < -0.3 is 40.5 Å². The lowest BCUT2D eigenvalue weighted by molar-refractivity contribution is -0.138. The number of nitrogens with zero attached hydrogens (tertiary/aromatic N) is 4. The van der Waals surface area contributed by atoms with Crippen molar-refractivity contribution in [2.24, 2.45) is 0 Å². The number of amides is 4. The van der Waals surface area contributed by atoms with Gasteiger partial charge in [0.25, 0.3) is 5.91 Å². The number of carbonyl (C=O) groups excluding carboxylic acids is 4. The minimum atomic E-state index is -0.884. The normalized spacial score (nSPS) is 18.9. The zero-order valence-electron chi connectivity index (χ0n) is 36.1. The number of hydrogen-bond acceptors (Lipinski definition) is 8. The molecule has 330 valence electrons. The molecule has 6 aromatic rings. The summed E-state index contributed by atoms with van der Waals surface area (Å²) in [6.45, 7) is 1.93. The average molecular weight is 870 g/mol. The third kappa shape index (κ3) is 9.56. The van der Waals surface area contributed by atoms with Crippen molar-refractivity contribution in [3.8, 4) is 34.4 Å². The Kier molecular flexibility index (Phi) is 12.8. The van der Waals surface area contributed by atoms with Crippen molar-refractivity contribution >= 4 is 23.8 Å². The zero-order valence-corrected chi connectivity index (χ0v) is 36.1. The van der Waals surface area contributed by atoms with Crippen molar-refractivity contribution in [1.29, 1.82) is 0 Å². The highest BCUT2D eigenvalue weighted by atomic mass is 16.5.